The Morgan fingerprint density at radius 3 is 1.13 bits per heavy atom. The molecular weight excluding hydrogens is 721 g/mol. The van der Waals surface area contributed by atoms with Crippen LogP contribution in [0.25, 0.3) is 120 Å². The highest BCUT2D eigenvalue weighted by Crippen LogP contribution is 2.48. The monoisotopic (exact) mass is 758 g/mol. The standard InChI is InChI=1S/C60H38/c1-2-16-41(17-3-1)54-36-44-20-6-9-29-51(44)55-37-57-58(38-56(54)55)60(46-26-13-24-43(35-46)50-33-15-22-40-19-5-8-28-48(40)50)53-31-11-10-30-52(53)59(57)45-25-12-23-42(34-45)49-32-14-21-39-18-4-7-27-47(39)49/h1-38H. The Labute approximate surface area is 349 Å². The first-order valence-electron chi connectivity index (χ1n) is 20.8. The van der Waals surface area contributed by atoms with Gasteiger partial charge in [0.1, 0.15) is 0 Å². The minimum absolute atomic E-state index is 1.21. The Hall–Kier alpha value is -7.80. The third kappa shape index (κ3) is 5.53. The van der Waals surface area contributed by atoms with Crippen LogP contribution in [0.15, 0.2) is 231 Å². The first-order valence-corrected chi connectivity index (χ1v) is 20.8. The Kier molecular flexibility index (Phi) is 7.96. The summed E-state index contributed by atoms with van der Waals surface area (Å²) in [6.07, 6.45) is 0. The average molecular weight is 759 g/mol. The molecule has 0 nitrogen and oxygen atoms in total. The van der Waals surface area contributed by atoms with Crippen LogP contribution in [0.3, 0.4) is 0 Å². The van der Waals surface area contributed by atoms with Crippen LogP contribution >= 0.6 is 0 Å². The van der Waals surface area contributed by atoms with Crippen LogP contribution in [0.4, 0.5) is 0 Å². The van der Waals surface area contributed by atoms with Crippen LogP contribution in [-0.4, -0.2) is 0 Å². The fraction of sp³-hybridized carbons (Fsp3) is 0. The van der Waals surface area contributed by atoms with Gasteiger partial charge in [-0.2, -0.15) is 0 Å². The fourth-order valence-electron chi connectivity index (χ4n) is 9.89. The van der Waals surface area contributed by atoms with Gasteiger partial charge >= 0.3 is 0 Å². The van der Waals surface area contributed by atoms with Crippen LogP contribution in [-0.2, 0) is 0 Å². The number of benzene rings is 12. The van der Waals surface area contributed by atoms with Crippen molar-refractivity contribution in [3.05, 3.63) is 231 Å². The third-order valence-electron chi connectivity index (χ3n) is 12.6. The van der Waals surface area contributed by atoms with Crippen LogP contribution in [0, 0.1) is 0 Å². The van der Waals surface area contributed by atoms with E-state index in [1.54, 1.807) is 0 Å². The molecule has 0 saturated carbocycles. The lowest BCUT2D eigenvalue weighted by Gasteiger charge is -2.21. The van der Waals surface area contributed by atoms with E-state index in [0.29, 0.717) is 0 Å². The molecule has 0 heterocycles. The molecule has 0 aliphatic rings. The summed E-state index contributed by atoms with van der Waals surface area (Å²) in [7, 11) is 0. The second-order valence-corrected chi connectivity index (χ2v) is 16.0. The summed E-state index contributed by atoms with van der Waals surface area (Å²) in [6, 6.07) is 85.3. The van der Waals surface area contributed by atoms with E-state index >= 15 is 0 Å². The predicted molar refractivity (Wildman–Crippen MR) is 259 cm³/mol. The highest BCUT2D eigenvalue weighted by molar-refractivity contribution is 6.27. The molecule has 0 aliphatic carbocycles. The molecular formula is C60H38. The summed E-state index contributed by atoms with van der Waals surface area (Å²) in [5.74, 6) is 0. The van der Waals surface area contributed by atoms with E-state index in [-0.39, 0.29) is 0 Å². The molecule has 0 saturated heterocycles. The molecule has 0 atom stereocenters. The Morgan fingerprint density at radius 1 is 0.167 bits per heavy atom. The molecule has 0 aromatic heterocycles. The molecule has 0 radical (unpaired) electrons. The van der Waals surface area contributed by atoms with Crippen molar-refractivity contribution in [3.8, 4) is 55.6 Å². The van der Waals surface area contributed by atoms with Crippen LogP contribution in [0.2, 0.25) is 0 Å². The van der Waals surface area contributed by atoms with E-state index in [2.05, 4.69) is 231 Å². The number of hydrogen-bond acceptors (Lipinski definition) is 0. The fourth-order valence-corrected chi connectivity index (χ4v) is 9.89. The van der Waals surface area contributed by atoms with Gasteiger partial charge in [0.15, 0.2) is 0 Å². The minimum Gasteiger partial charge on any atom is -0.0622 e. The summed E-state index contributed by atoms with van der Waals surface area (Å²) >= 11 is 0. The first kappa shape index (κ1) is 34.3. The first-order chi connectivity index (χ1) is 29.8. The Balaban J connectivity index is 1.21. The lowest BCUT2D eigenvalue weighted by atomic mass is 9.82. The zero-order valence-electron chi connectivity index (χ0n) is 32.9. The van der Waals surface area contributed by atoms with Gasteiger partial charge in [0.05, 0.1) is 0 Å². The third-order valence-corrected chi connectivity index (χ3v) is 12.6. The molecule has 60 heavy (non-hydrogen) atoms. The van der Waals surface area contributed by atoms with E-state index in [4.69, 9.17) is 0 Å². The minimum atomic E-state index is 1.21. The molecule has 12 aromatic carbocycles. The molecule has 12 rings (SSSR count). The Bertz CT molecular complexity index is 3640. The quantitative estimate of drug-likeness (QED) is 0.121. The van der Waals surface area contributed by atoms with Gasteiger partial charge in [-0.05, 0) is 151 Å². The van der Waals surface area contributed by atoms with E-state index in [9.17, 15) is 0 Å². The number of hydrogen-bond donors (Lipinski definition) is 0. The summed E-state index contributed by atoms with van der Waals surface area (Å²) in [4.78, 5) is 0. The smallest absolute Gasteiger partial charge is 0.00259 e. The van der Waals surface area contributed by atoms with Crippen molar-refractivity contribution in [1.29, 1.82) is 0 Å². The molecule has 278 valence electrons. The molecule has 0 spiro atoms. The second-order valence-electron chi connectivity index (χ2n) is 16.0. The molecule has 0 amide bonds. The van der Waals surface area contributed by atoms with Gasteiger partial charge in [0.25, 0.3) is 0 Å². The molecule has 0 aliphatic heterocycles. The van der Waals surface area contributed by atoms with Gasteiger partial charge < -0.3 is 0 Å². The molecule has 0 unspecified atom stereocenters. The predicted octanol–water partition coefficient (Wildman–Crippen LogP) is 16.9. The summed E-state index contributed by atoms with van der Waals surface area (Å²) in [5, 5.41) is 15.0. The van der Waals surface area contributed by atoms with Crippen molar-refractivity contribution in [3.63, 3.8) is 0 Å². The van der Waals surface area contributed by atoms with Crippen LogP contribution < -0.4 is 0 Å². The average Bonchev–Trinajstić information content (AvgIpc) is 3.32. The highest BCUT2D eigenvalue weighted by Gasteiger charge is 2.21. The van der Waals surface area contributed by atoms with Crippen LogP contribution in [0.1, 0.15) is 0 Å². The van der Waals surface area contributed by atoms with Gasteiger partial charge in [-0.3, -0.25) is 0 Å². The largest absolute Gasteiger partial charge is 0.0622 e. The summed E-state index contributed by atoms with van der Waals surface area (Å²) in [5.41, 5.74) is 12.3. The molecule has 0 fully saturated rings. The van der Waals surface area contributed by atoms with Crippen molar-refractivity contribution in [2.45, 2.75) is 0 Å². The maximum Gasteiger partial charge on any atom is -0.00259 e. The van der Waals surface area contributed by atoms with Crippen molar-refractivity contribution in [1.82, 2.24) is 0 Å². The summed E-state index contributed by atoms with van der Waals surface area (Å²) in [6.45, 7) is 0. The normalized spacial score (nSPS) is 11.7. The van der Waals surface area contributed by atoms with Crippen molar-refractivity contribution in [2.75, 3.05) is 0 Å². The Morgan fingerprint density at radius 2 is 0.567 bits per heavy atom. The van der Waals surface area contributed by atoms with Crippen molar-refractivity contribution >= 4 is 64.6 Å². The van der Waals surface area contributed by atoms with Crippen LogP contribution in [0.5, 0.6) is 0 Å². The van der Waals surface area contributed by atoms with Gasteiger partial charge in [0.2, 0.25) is 0 Å². The zero-order valence-corrected chi connectivity index (χ0v) is 32.9. The van der Waals surface area contributed by atoms with E-state index in [0.717, 1.165) is 0 Å². The molecule has 0 bridgehead atoms. The molecule has 0 heteroatoms. The van der Waals surface area contributed by atoms with Crippen molar-refractivity contribution in [2.24, 2.45) is 0 Å². The number of rotatable bonds is 5. The topological polar surface area (TPSA) is 0 Å². The maximum absolute atomic E-state index is 2.50. The number of fused-ring (bicyclic) bond motifs is 7. The highest BCUT2D eigenvalue weighted by atomic mass is 14.2. The van der Waals surface area contributed by atoms with Gasteiger partial charge in [-0.25, -0.2) is 0 Å². The van der Waals surface area contributed by atoms with E-state index < -0.39 is 0 Å². The van der Waals surface area contributed by atoms with Gasteiger partial charge in [-0.1, -0.05) is 200 Å². The molecule has 0 N–H and O–H groups in total. The van der Waals surface area contributed by atoms with Crippen molar-refractivity contribution < 1.29 is 0 Å². The van der Waals surface area contributed by atoms with Gasteiger partial charge in [-0.15, -0.1) is 0 Å². The summed E-state index contributed by atoms with van der Waals surface area (Å²) < 4.78 is 0. The lowest BCUT2D eigenvalue weighted by Crippen LogP contribution is -1.93. The zero-order chi connectivity index (χ0) is 39.6. The second kappa shape index (κ2) is 13.9. The van der Waals surface area contributed by atoms with Gasteiger partial charge in [0, 0.05) is 0 Å². The SMILES string of the molecule is c1ccc(-c2cc3ccccc3c3cc4c(-c5cccc(-c6cccc7ccccc67)c5)c5ccccc5c(-c5cccc(-c6cccc7ccccc67)c5)c4cc23)cc1. The van der Waals surface area contributed by atoms with E-state index in [1.165, 1.54) is 120 Å². The van der Waals surface area contributed by atoms with E-state index in [1.807, 2.05) is 0 Å². The maximum atomic E-state index is 2.50. The lowest BCUT2D eigenvalue weighted by molar-refractivity contribution is 1.62. The molecule has 12 aromatic rings.